The zero-order valence-corrected chi connectivity index (χ0v) is 25.2. The van der Waals surface area contributed by atoms with Crippen molar-refractivity contribution in [3.8, 4) is 5.75 Å². The van der Waals surface area contributed by atoms with E-state index in [1.165, 1.54) is 37.3 Å². The second-order valence-electron chi connectivity index (χ2n) is 9.22. The van der Waals surface area contributed by atoms with E-state index < -0.39 is 35.0 Å². The number of benzene rings is 3. The van der Waals surface area contributed by atoms with Crippen molar-refractivity contribution in [2.24, 2.45) is 4.99 Å². The average molecular weight is 668 g/mol. The summed E-state index contributed by atoms with van der Waals surface area (Å²) in [6.07, 6.45) is -3.47. The minimum absolute atomic E-state index is 0.103. The highest BCUT2D eigenvalue weighted by molar-refractivity contribution is 7.07. The van der Waals surface area contributed by atoms with E-state index in [1.807, 2.05) is 0 Å². The number of fused-ring (bicyclic) bond motifs is 1. The van der Waals surface area contributed by atoms with Gasteiger partial charge in [0.05, 0.1) is 32.8 Å². The third-order valence-corrected chi connectivity index (χ3v) is 8.30. The summed E-state index contributed by atoms with van der Waals surface area (Å²) >= 11 is 18.8. The van der Waals surface area contributed by atoms with Gasteiger partial charge in [-0.1, -0.05) is 76.5 Å². The predicted octanol–water partition coefficient (Wildman–Crippen LogP) is 6.88. The van der Waals surface area contributed by atoms with Crippen molar-refractivity contribution in [3.63, 3.8) is 0 Å². The molecule has 4 aromatic rings. The summed E-state index contributed by atoms with van der Waals surface area (Å²) in [5, 5.41) is 1.14. The van der Waals surface area contributed by atoms with E-state index in [9.17, 15) is 22.8 Å². The van der Waals surface area contributed by atoms with E-state index in [-0.39, 0.29) is 28.1 Å². The number of carbonyl (C=O) groups excluding carboxylic acids is 1. The highest BCUT2D eigenvalue weighted by atomic mass is 35.5. The van der Waals surface area contributed by atoms with Gasteiger partial charge in [0.15, 0.2) is 10.5 Å². The normalized spacial score (nSPS) is 15.2. The molecular weight excluding hydrogens is 648 g/mol. The third-order valence-electron chi connectivity index (χ3n) is 6.33. The van der Waals surface area contributed by atoms with Crippen LogP contribution in [-0.2, 0) is 16.1 Å². The van der Waals surface area contributed by atoms with Gasteiger partial charge in [0.1, 0.15) is 12.4 Å². The number of ether oxygens (including phenoxy) is 2. The van der Waals surface area contributed by atoms with Crippen molar-refractivity contribution in [1.82, 2.24) is 4.57 Å². The Labute approximate surface area is 261 Å². The molecule has 0 amide bonds. The van der Waals surface area contributed by atoms with E-state index in [1.54, 1.807) is 42.5 Å². The van der Waals surface area contributed by atoms with Crippen LogP contribution in [0.5, 0.6) is 5.75 Å². The van der Waals surface area contributed by atoms with Gasteiger partial charge < -0.3 is 9.47 Å². The second kappa shape index (κ2) is 12.6. The monoisotopic (exact) mass is 666 g/mol. The molecule has 6 nitrogen and oxygen atoms in total. The number of nitrogens with zero attached hydrogens (tertiary/aromatic N) is 2. The summed E-state index contributed by atoms with van der Waals surface area (Å²) in [7, 11) is 0. The minimum Gasteiger partial charge on any atom is -0.489 e. The number of allylic oxidation sites excluding steroid dienone is 1. The highest BCUT2D eigenvalue weighted by Crippen LogP contribution is 2.38. The molecule has 0 bridgehead atoms. The number of alkyl halides is 3. The molecular formula is C30H20Cl3F3N2O4S. The first-order chi connectivity index (χ1) is 20.5. The molecule has 43 heavy (non-hydrogen) atoms. The fourth-order valence-corrected chi connectivity index (χ4v) is 5.89. The first kappa shape index (κ1) is 30.9. The molecule has 2 heterocycles. The molecule has 0 saturated heterocycles. The van der Waals surface area contributed by atoms with Gasteiger partial charge in [-0.2, -0.15) is 13.2 Å². The average Bonchev–Trinajstić information content (AvgIpc) is 3.27. The van der Waals surface area contributed by atoms with Crippen molar-refractivity contribution < 1.29 is 27.4 Å². The molecule has 13 heteroatoms. The molecule has 3 aromatic carbocycles. The fraction of sp³-hybridized carbons (Fsp3) is 0.167. The van der Waals surface area contributed by atoms with Crippen LogP contribution < -0.4 is 19.6 Å². The highest BCUT2D eigenvalue weighted by Gasteiger charge is 2.45. The van der Waals surface area contributed by atoms with Gasteiger partial charge >= 0.3 is 12.1 Å². The summed E-state index contributed by atoms with van der Waals surface area (Å²) in [4.78, 5) is 30.2. The van der Waals surface area contributed by atoms with Crippen LogP contribution in [0.25, 0.3) is 6.08 Å². The van der Waals surface area contributed by atoms with Crippen molar-refractivity contribution in [3.05, 3.63) is 129 Å². The van der Waals surface area contributed by atoms with Crippen LogP contribution in [0, 0.1) is 0 Å². The largest absolute Gasteiger partial charge is 0.489 e. The number of hydrogen-bond acceptors (Lipinski definition) is 6. The van der Waals surface area contributed by atoms with Gasteiger partial charge in [0.25, 0.3) is 5.56 Å². The molecule has 0 spiro atoms. The Bertz CT molecular complexity index is 1920. The molecule has 0 radical (unpaired) electrons. The lowest BCUT2D eigenvalue weighted by atomic mass is 9.95. The fourth-order valence-electron chi connectivity index (χ4n) is 4.44. The number of esters is 1. The maximum atomic E-state index is 14.3. The van der Waals surface area contributed by atoms with E-state index in [2.05, 4.69) is 4.99 Å². The molecule has 1 aliphatic heterocycles. The van der Waals surface area contributed by atoms with Crippen LogP contribution in [0.3, 0.4) is 0 Å². The topological polar surface area (TPSA) is 69.9 Å². The number of halogens is 6. The van der Waals surface area contributed by atoms with Crippen molar-refractivity contribution in [2.45, 2.75) is 25.7 Å². The van der Waals surface area contributed by atoms with Crippen molar-refractivity contribution >= 4 is 58.2 Å². The molecule has 0 aliphatic carbocycles. The van der Waals surface area contributed by atoms with Gasteiger partial charge in [0, 0.05) is 5.02 Å². The second-order valence-corrected chi connectivity index (χ2v) is 11.5. The maximum absolute atomic E-state index is 14.3. The van der Waals surface area contributed by atoms with Crippen LogP contribution in [0.1, 0.15) is 29.7 Å². The number of carbonyl (C=O) groups is 1. The summed E-state index contributed by atoms with van der Waals surface area (Å²) < 4.78 is 54.9. The van der Waals surface area contributed by atoms with Gasteiger partial charge in [-0.25, -0.2) is 9.79 Å². The number of rotatable bonds is 7. The minimum atomic E-state index is -5.00. The molecule has 0 N–H and O–H groups in total. The van der Waals surface area contributed by atoms with Crippen molar-refractivity contribution in [2.75, 3.05) is 6.61 Å². The van der Waals surface area contributed by atoms with E-state index >= 15 is 0 Å². The lowest BCUT2D eigenvalue weighted by Gasteiger charge is -2.26. The Morgan fingerprint density at radius 2 is 1.79 bits per heavy atom. The molecule has 0 fully saturated rings. The van der Waals surface area contributed by atoms with Gasteiger partial charge in [-0.15, -0.1) is 0 Å². The van der Waals surface area contributed by atoms with Gasteiger partial charge in [-0.05, 0) is 66.1 Å². The number of aromatic nitrogens is 1. The van der Waals surface area contributed by atoms with Crippen LogP contribution >= 0.6 is 46.1 Å². The third kappa shape index (κ3) is 6.67. The smallest absolute Gasteiger partial charge is 0.434 e. The predicted molar refractivity (Wildman–Crippen MR) is 159 cm³/mol. The molecule has 0 saturated carbocycles. The van der Waals surface area contributed by atoms with Crippen LogP contribution in [0.15, 0.2) is 87.8 Å². The molecule has 222 valence electrons. The molecule has 1 atom stereocenters. The van der Waals surface area contributed by atoms with Crippen LogP contribution in [0.2, 0.25) is 15.1 Å². The van der Waals surface area contributed by atoms with E-state index in [0.29, 0.717) is 26.4 Å². The van der Waals surface area contributed by atoms with Gasteiger partial charge in [-0.3, -0.25) is 9.36 Å². The summed E-state index contributed by atoms with van der Waals surface area (Å²) in [5.74, 6) is -0.741. The maximum Gasteiger partial charge on any atom is 0.434 e. The lowest BCUT2D eigenvalue weighted by Crippen LogP contribution is -2.41. The Hall–Kier alpha value is -3.57. The summed E-state index contributed by atoms with van der Waals surface area (Å²) in [6, 6.07) is 16.3. The molecule has 1 aliphatic rings. The number of thiazole rings is 1. The van der Waals surface area contributed by atoms with Crippen LogP contribution in [-0.4, -0.2) is 23.3 Å². The zero-order chi connectivity index (χ0) is 30.9. The summed E-state index contributed by atoms with van der Waals surface area (Å²) in [5.41, 5.74) is -1.26. The van der Waals surface area contributed by atoms with E-state index in [0.717, 1.165) is 21.5 Å². The standard InChI is InChI=1S/C30H20Cl3F3N2O4S/c1-2-41-28(40)24-25(18-7-9-19(31)10-8-18)38-27(39)23(43-29(38)37-26(24)30(34,35)36)14-16-4-3-5-20(12-16)42-15-17-6-11-21(32)22(33)13-17/h3-14,25H,2,15H2,1H3/b23-14+/t25-/m1/s1. The Morgan fingerprint density at radius 3 is 2.47 bits per heavy atom. The van der Waals surface area contributed by atoms with Crippen LogP contribution in [0.4, 0.5) is 13.2 Å². The van der Waals surface area contributed by atoms with Crippen molar-refractivity contribution in [1.29, 1.82) is 0 Å². The SMILES string of the molecule is CCOC(=O)C1=C(C(F)(F)F)N=c2s/c(=C/c3cccc(OCc4ccc(Cl)c(Cl)c4)c3)c(=O)n2[C@@H]1c1ccc(Cl)cc1. The molecule has 1 aromatic heterocycles. The lowest BCUT2D eigenvalue weighted by molar-refractivity contribution is -0.140. The van der Waals surface area contributed by atoms with E-state index in [4.69, 9.17) is 44.3 Å². The Morgan fingerprint density at radius 1 is 1.05 bits per heavy atom. The first-order valence-electron chi connectivity index (χ1n) is 12.7. The summed E-state index contributed by atoms with van der Waals surface area (Å²) in [6.45, 7) is 1.50. The molecule has 0 unspecified atom stereocenters. The van der Waals surface area contributed by atoms with Gasteiger partial charge in [0.2, 0.25) is 0 Å². The zero-order valence-electron chi connectivity index (χ0n) is 22.1. The Kier molecular flexibility index (Phi) is 9.03. The molecule has 5 rings (SSSR count). The first-order valence-corrected chi connectivity index (χ1v) is 14.6. The number of hydrogen-bond donors (Lipinski definition) is 0. The Balaban J connectivity index is 1.60. The quantitative estimate of drug-likeness (QED) is 0.202.